The molecule has 10 nitrogen and oxygen atoms in total. The highest BCUT2D eigenvalue weighted by atomic mass is 19.1. The van der Waals surface area contributed by atoms with Gasteiger partial charge < -0.3 is 15.8 Å². The molecule has 3 N–H and O–H groups in total. The molecule has 0 spiro atoms. The zero-order valence-electron chi connectivity index (χ0n) is 18.1. The number of benzene rings is 2. The number of fused-ring (bicyclic) bond motifs is 1. The summed E-state index contributed by atoms with van der Waals surface area (Å²) < 4.78 is 21.9. The largest absolute Gasteiger partial charge is 0.421 e. The van der Waals surface area contributed by atoms with E-state index in [1.165, 1.54) is 41.6 Å². The Bertz CT molecular complexity index is 1550. The zero-order chi connectivity index (χ0) is 24.4. The molecule has 2 aromatic carbocycles. The summed E-state index contributed by atoms with van der Waals surface area (Å²) in [5, 5.41) is 11.4. The van der Waals surface area contributed by atoms with E-state index >= 15 is 4.39 Å². The third kappa shape index (κ3) is 4.25. The number of anilines is 2. The number of hydrogen-bond donors (Lipinski definition) is 2. The van der Waals surface area contributed by atoms with Crippen LogP contribution in [0.5, 0.6) is 11.8 Å². The molecule has 0 bridgehead atoms. The number of halogens is 1. The second kappa shape index (κ2) is 8.98. The number of hydrogen-bond acceptors (Lipinski definition) is 8. The highest BCUT2D eigenvalue weighted by molar-refractivity contribution is 5.99. The predicted octanol–water partition coefficient (Wildman–Crippen LogP) is 3.89. The Morgan fingerprint density at radius 3 is 2.54 bits per heavy atom. The normalized spacial score (nSPS) is 10.8. The molecule has 0 aliphatic rings. The van der Waals surface area contributed by atoms with Crippen molar-refractivity contribution in [1.82, 2.24) is 29.8 Å². The lowest BCUT2D eigenvalue weighted by molar-refractivity contribution is -0.111. The van der Waals surface area contributed by atoms with Gasteiger partial charge in [-0.3, -0.25) is 4.79 Å². The van der Waals surface area contributed by atoms with Crippen molar-refractivity contribution in [3.05, 3.63) is 85.7 Å². The maximum Gasteiger partial charge on any atom is 0.321 e. The number of amides is 1. The third-order valence-electron chi connectivity index (χ3n) is 5.04. The van der Waals surface area contributed by atoms with Gasteiger partial charge in [-0.05, 0) is 42.0 Å². The molecule has 0 aliphatic carbocycles. The number of carbonyl (C=O) groups is 1. The Hall–Kier alpha value is -5.19. The van der Waals surface area contributed by atoms with Gasteiger partial charge in [-0.1, -0.05) is 24.8 Å². The summed E-state index contributed by atoms with van der Waals surface area (Å²) in [5.74, 6) is -0.808. The molecular formula is C24H17FN8O2. The zero-order valence-corrected chi connectivity index (χ0v) is 18.1. The number of rotatable bonds is 6. The van der Waals surface area contributed by atoms with E-state index in [4.69, 9.17) is 10.5 Å². The first-order chi connectivity index (χ1) is 17.0. The molecule has 172 valence electrons. The smallest absolute Gasteiger partial charge is 0.321 e. The van der Waals surface area contributed by atoms with Gasteiger partial charge in [0, 0.05) is 29.2 Å². The Kier molecular flexibility index (Phi) is 5.55. The maximum absolute atomic E-state index is 15.1. The standard InChI is InChI=1S/C24H17FN8O2/c1-2-19(34)31-16-7-4-14(5-8-16)21-20(22-23(26)29-13-30-33(22)32-21)15-6-9-18(17(25)12-15)35-24-27-10-3-11-28-24/h2-13H,1H2,(H,31,34)(H2,26,29,30). The third-order valence-corrected chi connectivity index (χ3v) is 5.04. The van der Waals surface area contributed by atoms with Gasteiger partial charge in [-0.25, -0.2) is 19.3 Å². The SMILES string of the molecule is C=CC(=O)Nc1ccc(-c2nn3ncnc(N)c3c2-c2ccc(Oc3ncccn3)c(F)c2)cc1. The van der Waals surface area contributed by atoms with Gasteiger partial charge in [0.05, 0.1) is 0 Å². The van der Waals surface area contributed by atoms with Crippen LogP contribution in [0.2, 0.25) is 0 Å². The molecule has 1 amide bonds. The van der Waals surface area contributed by atoms with Gasteiger partial charge in [-0.15, -0.1) is 14.8 Å². The van der Waals surface area contributed by atoms with E-state index < -0.39 is 5.82 Å². The fourth-order valence-corrected chi connectivity index (χ4v) is 3.47. The molecule has 0 unspecified atom stereocenters. The van der Waals surface area contributed by atoms with E-state index in [1.807, 2.05) is 0 Å². The van der Waals surface area contributed by atoms with Crippen molar-refractivity contribution in [2.75, 3.05) is 11.1 Å². The molecule has 5 aromatic rings. The quantitative estimate of drug-likeness (QED) is 0.359. The van der Waals surface area contributed by atoms with Gasteiger partial charge in [0.15, 0.2) is 17.4 Å². The van der Waals surface area contributed by atoms with Gasteiger partial charge in [0.25, 0.3) is 0 Å². The van der Waals surface area contributed by atoms with Crippen LogP contribution in [0, 0.1) is 5.82 Å². The highest BCUT2D eigenvalue weighted by Gasteiger charge is 2.21. The fraction of sp³-hybridized carbons (Fsp3) is 0. The summed E-state index contributed by atoms with van der Waals surface area (Å²) in [6, 6.07) is 13.1. The molecule has 0 atom stereocenters. The van der Waals surface area contributed by atoms with E-state index in [-0.39, 0.29) is 23.5 Å². The topological polar surface area (TPSA) is 133 Å². The molecule has 3 heterocycles. The van der Waals surface area contributed by atoms with Crippen molar-refractivity contribution in [3.8, 4) is 34.1 Å². The predicted molar refractivity (Wildman–Crippen MR) is 127 cm³/mol. The van der Waals surface area contributed by atoms with Crippen LogP contribution in [0.1, 0.15) is 0 Å². The summed E-state index contributed by atoms with van der Waals surface area (Å²) in [5.41, 5.74) is 9.36. The number of ether oxygens (including phenoxy) is 1. The number of carbonyl (C=O) groups excluding carboxylic acids is 1. The Morgan fingerprint density at radius 2 is 1.83 bits per heavy atom. The highest BCUT2D eigenvalue weighted by Crippen LogP contribution is 2.38. The first kappa shape index (κ1) is 21.6. The second-order valence-corrected chi connectivity index (χ2v) is 7.26. The van der Waals surface area contributed by atoms with Crippen molar-refractivity contribution in [1.29, 1.82) is 0 Å². The number of aromatic nitrogens is 6. The van der Waals surface area contributed by atoms with Crippen LogP contribution in [-0.4, -0.2) is 35.7 Å². The van der Waals surface area contributed by atoms with Crippen molar-refractivity contribution in [3.63, 3.8) is 0 Å². The molecular weight excluding hydrogens is 451 g/mol. The minimum atomic E-state index is -0.627. The molecule has 0 aliphatic heterocycles. The van der Waals surface area contributed by atoms with E-state index in [9.17, 15) is 4.79 Å². The molecule has 35 heavy (non-hydrogen) atoms. The van der Waals surface area contributed by atoms with Crippen LogP contribution in [-0.2, 0) is 4.79 Å². The molecule has 11 heteroatoms. The second-order valence-electron chi connectivity index (χ2n) is 7.26. The van der Waals surface area contributed by atoms with Crippen LogP contribution in [0.4, 0.5) is 15.9 Å². The summed E-state index contributed by atoms with van der Waals surface area (Å²) >= 11 is 0. The van der Waals surface area contributed by atoms with E-state index in [2.05, 4.69) is 37.0 Å². The summed E-state index contributed by atoms with van der Waals surface area (Å²) in [7, 11) is 0. The van der Waals surface area contributed by atoms with Gasteiger partial charge in [0.1, 0.15) is 17.5 Å². The van der Waals surface area contributed by atoms with Crippen molar-refractivity contribution in [2.24, 2.45) is 0 Å². The van der Waals surface area contributed by atoms with E-state index in [1.54, 1.807) is 36.4 Å². The van der Waals surface area contributed by atoms with Crippen molar-refractivity contribution < 1.29 is 13.9 Å². The van der Waals surface area contributed by atoms with Gasteiger partial charge in [-0.2, -0.15) is 0 Å². The number of nitrogens with one attached hydrogen (secondary N) is 1. The monoisotopic (exact) mass is 468 g/mol. The van der Waals surface area contributed by atoms with Gasteiger partial charge in [0.2, 0.25) is 5.91 Å². The lowest BCUT2D eigenvalue weighted by Crippen LogP contribution is -2.06. The first-order valence-corrected chi connectivity index (χ1v) is 10.3. The Balaban J connectivity index is 1.59. The number of nitrogen functional groups attached to an aromatic ring is 1. The Morgan fingerprint density at radius 1 is 1.09 bits per heavy atom. The van der Waals surface area contributed by atoms with Crippen LogP contribution in [0.3, 0.4) is 0 Å². The van der Waals surface area contributed by atoms with Crippen molar-refractivity contribution in [2.45, 2.75) is 0 Å². The first-order valence-electron chi connectivity index (χ1n) is 10.3. The van der Waals surface area contributed by atoms with Crippen LogP contribution in [0.15, 0.2) is 79.9 Å². The average Bonchev–Trinajstić information content (AvgIpc) is 3.27. The Labute approximate surface area is 197 Å². The van der Waals surface area contributed by atoms with Crippen LogP contribution >= 0.6 is 0 Å². The maximum atomic E-state index is 15.1. The molecule has 0 saturated carbocycles. The minimum Gasteiger partial charge on any atom is -0.421 e. The molecule has 5 rings (SSSR count). The van der Waals surface area contributed by atoms with Crippen LogP contribution in [0.25, 0.3) is 27.9 Å². The lowest BCUT2D eigenvalue weighted by atomic mass is 9.99. The average molecular weight is 468 g/mol. The molecule has 0 saturated heterocycles. The van der Waals surface area contributed by atoms with Crippen molar-refractivity contribution >= 4 is 22.9 Å². The lowest BCUT2D eigenvalue weighted by Gasteiger charge is -2.09. The minimum absolute atomic E-state index is 0.0251. The van der Waals surface area contributed by atoms with Crippen LogP contribution < -0.4 is 15.8 Å². The summed E-state index contributed by atoms with van der Waals surface area (Å²) in [6.45, 7) is 3.44. The summed E-state index contributed by atoms with van der Waals surface area (Å²) in [4.78, 5) is 23.5. The van der Waals surface area contributed by atoms with E-state index in [0.29, 0.717) is 33.6 Å². The number of nitrogens with two attached hydrogens (primary N) is 1. The van der Waals surface area contributed by atoms with Gasteiger partial charge >= 0.3 is 6.01 Å². The molecule has 0 fully saturated rings. The van der Waals surface area contributed by atoms with E-state index in [0.717, 1.165) is 0 Å². The molecule has 3 aromatic heterocycles. The molecule has 0 radical (unpaired) electrons. The number of nitrogens with zero attached hydrogens (tertiary/aromatic N) is 6. The fourth-order valence-electron chi connectivity index (χ4n) is 3.47. The summed E-state index contributed by atoms with van der Waals surface area (Å²) in [6.07, 6.45) is 5.46.